The zero-order valence-corrected chi connectivity index (χ0v) is 46.2. The third kappa shape index (κ3) is 55.1. The Balaban J connectivity index is 4.31. The van der Waals surface area contributed by atoms with Gasteiger partial charge in [0.25, 0.3) is 0 Å². The molecule has 0 fully saturated rings. The third-order valence-electron chi connectivity index (χ3n) is 14.0. The van der Waals surface area contributed by atoms with Gasteiger partial charge in [0, 0.05) is 19.3 Å². The highest BCUT2D eigenvalue weighted by molar-refractivity contribution is 5.71. The molecular weight excluding hydrogens is 841 g/mol. The summed E-state index contributed by atoms with van der Waals surface area (Å²) in [5, 5.41) is 0. The molecule has 0 saturated carbocycles. The van der Waals surface area contributed by atoms with Crippen LogP contribution in [0.25, 0.3) is 0 Å². The Hall–Kier alpha value is -1.85. The molecule has 0 saturated heterocycles. The van der Waals surface area contributed by atoms with Crippen LogP contribution in [0, 0.1) is 0 Å². The van der Waals surface area contributed by atoms with Crippen molar-refractivity contribution in [3.05, 3.63) is 12.2 Å². The van der Waals surface area contributed by atoms with E-state index in [1.807, 2.05) is 0 Å². The molecule has 6 nitrogen and oxygen atoms in total. The second-order valence-corrected chi connectivity index (χ2v) is 21.0. The minimum atomic E-state index is -0.766. The molecule has 68 heavy (non-hydrogen) atoms. The van der Waals surface area contributed by atoms with Gasteiger partial charge < -0.3 is 14.2 Å². The van der Waals surface area contributed by atoms with Crippen LogP contribution in [0.2, 0.25) is 0 Å². The van der Waals surface area contributed by atoms with E-state index < -0.39 is 6.10 Å². The molecule has 402 valence electrons. The molecule has 0 aliphatic carbocycles. The standard InChI is InChI=1S/C62H118O6/c1-4-7-10-13-16-19-22-25-28-30-32-34-37-40-43-46-49-52-55-61(64)67-58-59(57-66-60(63)54-51-48-45-42-39-36-33-27-24-21-18-15-12-9-6-3)68-62(65)56-53-50-47-44-41-38-35-31-29-26-23-20-17-14-11-8-5-2/h28,30,59H,4-27,29,31-58H2,1-3H3/b30-28-. The maximum absolute atomic E-state index is 12.9. The molecule has 0 aromatic heterocycles. The number of carbonyl (C=O) groups excluding carboxylic acids is 3. The summed E-state index contributed by atoms with van der Waals surface area (Å²) in [5.41, 5.74) is 0. The Labute approximate surface area is 424 Å². The van der Waals surface area contributed by atoms with E-state index in [1.165, 1.54) is 250 Å². The number of unbranched alkanes of at least 4 members (excludes halogenated alkanes) is 44. The van der Waals surface area contributed by atoms with Crippen LogP contribution in [-0.4, -0.2) is 37.2 Å². The van der Waals surface area contributed by atoms with Crippen molar-refractivity contribution in [1.82, 2.24) is 0 Å². The van der Waals surface area contributed by atoms with Crippen LogP contribution in [0.1, 0.15) is 348 Å². The van der Waals surface area contributed by atoms with Crippen molar-refractivity contribution in [2.75, 3.05) is 13.2 Å². The molecule has 0 aromatic carbocycles. The van der Waals surface area contributed by atoms with Gasteiger partial charge in [0.1, 0.15) is 13.2 Å². The topological polar surface area (TPSA) is 78.9 Å². The number of ether oxygens (including phenoxy) is 3. The molecule has 0 heterocycles. The largest absolute Gasteiger partial charge is 0.462 e. The molecule has 0 rings (SSSR count). The van der Waals surface area contributed by atoms with Crippen LogP contribution >= 0.6 is 0 Å². The van der Waals surface area contributed by atoms with Gasteiger partial charge in [-0.25, -0.2) is 0 Å². The molecule has 1 atom stereocenters. The first kappa shape index (κ1) is 66.2. The van der Waals surface area contributed by atoms with Crippen LogP contribution in [0.3, 0.4) is 0 Å². The van der Waals surface area contributed by atoms with E-state index in [-0.39, 0.29) is 31.1 Å². The van der Waals surface area contributed by atoms with Crippen molar-refractivity contribution in [3.8, 4) is 0 Å². The van der Waals surface area contributed by atoms with Crippen molar-refractivity contribution >= 4 is 17.9 Å². The number of hydrogen-bond donors (Lipinski definition) is 0. The van der Waals surface area contributed by atoms with Gasteiger partial charge in [0.2, 0.25) is 0 Å². The van der Waals surface area contributed by atoms with Crippen molar-refractivity contribution in [2.24, 2.45) is 0 Å². The summed E-state index contributed by atoms with van der Waals surface area (Å²) in [6.45, 7) is 6.70. The maximum atomic E-state index is 12.9. The first-order valence-corrected chi connectivity index (χ1v) is 30.7. The van der Waals surface area contributed by atoms with Crippen molar-refractivity contribution in [1.29, 1.82) is 0 Å². The molecule has 1 unspecified atom stereocenters. The average molecular weight is 960 g/mol. The van der Waals surface area contributed by atoms with Gasteiger partial charge in [0.05, 0.1) is 0 Å². The number of hydrogen-bond acceptors (Lipinski definition) is 6. The summed E-state index contributed by atoms with van der Waals surface area (Å²) in [4.78, 5) is 38.2. The summed E-state index contributed by atoms with van der Waals surface area (Å²) in [5.74, 6) is -0.841. The van der Waals surface area contributed by atoms with Gasteiger partial charge in [-0.3, -0.25) is 14.4 Å². The van der Waals surface area contributed by atoms with E-state index in [0.717, 1.165) is 57.8 Å². The van der Waals surface area contributed by atoms with Gasteiger partial charge in [-0.15, -0.1) is 0 Å². The number of carbonyl (C=O) groups is 3. The lowest BCUT2D eigenvalue weighted by Crippen LogP contribution is -2.30. The van der Waals surface area contributed by atoms with E-state index in [9.17, 15) is 14.4 Å². The first-order valence-electron chi connectivity index (χ1n) is 30.7. The summed E-state index contributed by atoms with van der Waals surface area (Å²) >= 11 is 0. The molecule has 6 heteroatoms. The predicted molar refractivity (Wildman–Crippen MR) is 293 cm³/mol. The molecule has 0 bridgehead atoms. The highest BCUT2D eigenvalue weighted by Crippen LogP contribution is 2.18. The minimum Gasteiger partial charge on any atom is -0.462 e. The SMILES string of the molecule is CCCCCCCCC/C=C\CCCCCCCCCC(=O)OCC(COC(=O)CCCCCCCCCCCCCCCCC)OC(=O)CCCCCCCCCCCCCCCCCCC. The van der Waals surface area contributed by atoms with Crippen molar-refractivity contribution in [2.45, 2.75) is 354 Å². The second-order valence-electron chi connectivity index (χ2n) is 21.0. The van der Waals surface area contributed by atoms with Crippen molar-refractivity contribution < 1.29 is 28.6 Å². The average Bonchev–Trinajstić information content (AvgIpc) is 3.34. The predicted octanol–water partition coefficient (Wildman–Crippen LogP) is 20.5. The number of esters is 3. The van der Waals surface area contributed by atoms with Crippen LogP contribution in [0.4, 0.5) is 0 Å². The number of allylic oxidation sites excluding steroid dienone is 2. The highest BCUT2D eigenvalue weighted by Gasteiger charge is 2.19. The minimum absolute atomic E-state index is 0.0649. The van der Waals surface area contributed by atoms with Gasteiger partial charge in [-0.2, -0.15) is 0 Å². The van der Waals surface area contributed by atoms with Crippen molar-refractivity contribution in [3.63, 3.8) is 0 Å². The molecule has 0 radical (unpaired) electrons. The second kappa shape index (κ2) is 57.7. The molecule has 0 amide bonds. The lowest BCUT2D eigenvalue weighted by molar-refractivity contribution is -0.167. The number of rotatable bonds is 57. The van der Waals surface area contributed by atoms with E-state index in [1.54, 1.807) is 0 Å². The van der Waals surface area contributed by atoms with Gasteiger partial charge in [0.15, 0.2) is 6.10 Å². The lowest BCUT2D eigenvalue weighted by atomic mass is 10.0. The van der Waals surface area contributed by atoms with Gasteiger partial charge >= 0.3 is 17.9 Å². The first-order chi connectivity index (χ1) is 33.5. The van der Waals surface area contributed by atoms with Gasteiger partial charge in [-0.1, -0.05) is 296 Å². The summed E-state index contributed by atoms with van der Waals surface area (Å²) < 4.78 is 16.9. The van der Waals surface area contributed by atoms with E-state index in [2.05, 4.69) is 32.9 Å². The van der Waals surface area contributed by atoms with E-state index >= 15 is 0 Å². The van der Waals surface area contributed by atoms with Crippen LogP contribution in [-0.2, 0) is 28.6 Å². The van der Waals surface area contributed by atoms with Gasteiger partial charge in [-0.05, 0) is 44.9 Å². The molecule has 0 aliphatic heterocycles. The zero-order valence-electron chi connectivity index (χ0n) is 46.2. The molecule has 0 aromatic rings. The molecule has 0 spiro atoms. The quantitative estimate of drug-likeness (QED) is 0.0262. The smallest absolute Gasteiger partial charge is 0.306 e. The summed E-state index contributed by atoms with van der Waals surface area (Å²) in [6.07, 6.45) is 66.3. The lowest BCUT2D eigenvalue weighted by Gasteiger charge is -2.18. The van der Waals surface area contributed by atoms with E-state index in [0.29, 0.717) is 19.3 Å². The fraction of sp³-hybridized carbons (Fsp3) is 0.919. The normalized spacial score (nSPS) is 12.0. The molecule has 0 N–H and O–H groups in total. The van der Waals surface area contributed by atoms with Crippen LogP contribution in [0.5, 0.6) is 0 Å². The third-order valence-corrected chi connectivity index (χ3v) is 14.0. The maximum Gasteiger partial charge on any atom is 0.306 e. The Morgan fingerprint density at radius 3 is 0.735 bits per heavy atom. The molecule has 0 aliphatic rings. The monoisotopic (exact) mass is 959 g/mol. The Morgan fingerprint density at radius 1 is 0.279 bits per heavy atom. The highest BCUT2D eigenvalue weighted by atomic mass is 16.6. The zero-order chi connectivity index (χ0) is 49.3. The molecular formula is C62H118O6. The Kier molecular flexibility index (Phi) is 56.2. The van der Waals surface area contributed by atoms with E-state index in [4.69, 9.17) is 14.2 Å². The van der Waals surface area contributed by atoms with Crippen LogP contribution in [0.15, 0.2) is 12.2 Å². The Morgan fingerprint density at radius 2 is 0.485 bits per heavy atom. The fourth-order valence-corrected chi connectivity index (χ4v) is 9.38. The van der Waals surface area contributed by atoms with Crippen LogP contribution < -0.4 is 0 Å². The summed E-state index contributed by atoms with van der Waals surface area (Å²) in [6, 6.07) is 0. The fourth-order valence-electron chi connectivity index (χ4n) is 9.38. The Bertz CT molecular complexity index is 1060. The summed E-state index contributed by atoms with van der Waals surface area (Å²) in [7, 11) is 0.